The number of nitrogens with two attached hydrogens (primary N) is 1. The summed E-state index contributed by atoms with van der Waals surface area (Å²) in [4.78, 5) is 6.62. The fourth-order valence-electron chi connectivity index (χ4n) is 1.89. The lowest BCUT2D eigenvalue weighted by Gasteiger charge is -2.18. The Kier molecular flexibility index (Phi) is 4.31. The average molecular weight is 253 g/mol. The molecule has 0 amide bonds. The van der Waals surface area contributed by atoms with E-state index in [-0.39, 0.29) is 6.17 Å². The van der Waals surface area contributed by atoms with Crippen LogP contribution < -0.4 is 5.73 Å². The lowest BCUT2D eigenvalue weighted by atomic mass is 10.1. The van der Waals surface area contributed by atoms with Crippen LogP contribution in [0.2, 0.25) is 0 Å². The van der Waals surface area contributed by atoms with Crippen LogP contribution in [0, 0.1) is 0 Å². The molecule has 0 heterocycles. The van der Waals surface area contributed by atoms with Crippen LogP contribution in [0.1, 0.15) is 17.3 Å². The molecular formula is C16H19N3. The van der Waals surface area contributed by atoms with Gasteiger partial charge in [0, 0.05) is 19.7 Å². The van der Waals surface area contributed by atoms with E-state index >= 15 is 0 Å². The smallest absolute Gasteiger partial charge is 0.132 e. The molecule has 2 rings (SSSR count). The van der Waals surface area contributed by atoms with Crippen LogP contribution in [0.15, 0.2) is 65.7 Å². The Morgan fingerprint density at radius 3 is 2.00 bits per heavy atom. The van der Waals surface area contributed by atoms with Crippen molar-refractivity contribution >= 4 is 5.84 Å². The summed E-state index contributed by atoms with van der Waals surface area (Å²) in [5, 5.41) is 0. The quantitative estimate of drug-likeness (QED) is 0.675. The van der Waals surface area contributed by atoms with Crippen molar-refractivity contribution in [1.29, 1.82) is 0 Å². The second kappa shape index (κ2) is 6.16. The van der Waals surface area contributed by atoms with Gasteiger partial charge in [0.2, 0.25) is 0 Å². The average Bonchev–Trinajstić information content (AvgIpc) is 2.46. The fraction of sp³-hybridized carbons (Fsp3) is 0.188. The molecule has 0 spiro atoms. The maximum absolute atomic E-state index is 6.16. The topological polar surface area (TPSA) is 41.6 Å². The van der Waals surface area contributed by atoms with Crippen LogP contribution in [0.4, 0.5) is 0 Å². The molecule has 2 N–H and O–H groups in total. The van der Waals surface area contributed by atoms with Gasteiger partial charge in [-0.3, -0.25) is 0 Å². The summed E-state index contributed by atoms with van der Waals surface area (Å²) in [5.41, 5.74) is 8.24. The van der Waals surface area contributed by atoms with E-state index in [1.807, 2.05) is 79.7 Å². The van der Waals surface area contributed by atoms with E-state index in [1.54, 1.807) is 0 Å². The highest BCUT2D eigenvalue weighted by Crippen LogP contribution is 2.13. The molecule has 98 valence electrons. The molecule has 0 fully saturated rings. The number of rotatable bonds is 3. The van der Waals surface area contributed by atoms with Gasteiger partial charge >= 0.3 is 0 Å². The van der Waals surface area contributed by atoms with Gasteiger partial charge in [0.25, 0.3) is 0 Å². The minimum atomic E-state index is -0.348. The normalized spacial score (nSPS) is 13.1. The molecule has 0 aromatic heterocycles. The molecule has 0 aliphatic rings. The second-order valence-corrected chi connectivity index (χ2v) is 4.57. The lowest BCUT2D eigenvalue weighted by molar-refractivity contribution is 0.607. The van der Waals surface area contributed by atoms with Crippen LogP contribution >= 0.6 is 0 Å². The maximum atomic E-state index is 6.16. The second-order valence-electron chi connectivity index (χ2n) is 4.57. The summed E-state index contributed by atoms with van der Waals surface area (Å²) < 4.78 is 0. The first-order valence-electron chi connectivity index (χ1n) is 6.29. The first-order chi connectivity index (χ1) is 9.18. The number of amidine groups is 1. The zero-order chi connectivity index (χ0) is 13.7. The molecule has 0 aliphatic carbocycles. The van der Waals surface area contributed by atoms with E-state index in [9.17, 15) is 0 Å². The van der Waals surface area contributed by atoms with Crippen molar-refractivity contribution in [2.45, 2.75) is 6.17 Å². The van der Waals surface area contributed by atoms with Gasteiger partial charge < -0.3 is 10.6 Å². The molecule has 0 aliphatic heterocycles. The van der Waals surface area contributed by atoms with Gasteiger partial charge in [-0.2, -0.15) is 0 Å². The molecule has 3 nitrogen and oxygen atoms in total. The van der Waals surface area contributed by atoms with E-state index in [1.165, 1.54) is 0 Å². The third-order valence-corrected chi connectivity index (χ3v) is 2.86. The maximum Gasteiger partial charge on any atom is 0.132 e. The third kappa shape index (κ3) is 3.42. The molecule has 2 aromatic carbocycles. The first kappa shape index (κ1) is 13.3. The Morgan fingerprint density at radius 2 is 1.47 bits per heavy atom. The van der Waals surface area contributed by atoms with Crippen molar-refractivity contribution in [3.05, 3.63) is 71.8 Å². The van der Waals surface area contributed by atoms with Gasteiger partial charge in [-0.1, -0.05) is 60.7 Å². The van der Waals surface area contributed by atoms with Crippen LogP contribution in [0.3, 0.4) is 0 Å². The summed E-state index contributed by atoms with van der Waals surface area (Å²) in [7, 11) is 3.95. The molecule has 0 radical (unpaired) electrons. The van der Waals surface area contributed by atoms with Gasteiger partial charge in [0.15, 0.2) is 0 Å². The third-order valence-electron chi connectivity index (χ3n) is 2.86. The Morgan fingerprint density at radius 1 is 0.947 bits per heavy atom. The van der Waals surface area contributed by atoms with Crippen molar-refractivity contribution in [1.82, 2.24) is 4.90 Å². The van der Waals surface area contributed by atoms with E-state index in [0.717, 1.165) is 17.0 Å². The summed E-state index contributed by atoms with van der Waals surface area (Å²) in [6, 6.07) is 20.0. The van der Waals surface area contributed by atoms with E-state index in [4.69, 9.17) is 5.73 Å². The lowest BCUT2D eigenvalue weighted by Crippen LogP contribution is -2.25. The van der Waals surface area contributed by atoms with E-state index < -0.39 is 0 Å². The number of aliphatic imine (C=N–C) groups is 1. The van der Waals surface area contributed by atoms with Gasteiger partial charge in [0.1, 0.15) is 12.0 Å². The number of hydrogen-bond acceptors (Lipinski definition) is 2. The Labute approximate surface area is 114 Å². The summed E-state index contributed by atoms with van der Waals surface area (Å²) in [6.45, 7) is 0. The zero-order valence-electron chi connectivity index (χ0n) is 11.3. The molecule has 1 unspecified atom stereocenters. The van der Waals surface area contributed by atoms with Crippen molar-refractivity contribution in [2.75, 3.05) is 14.1 Å². The minimum Gasteiger partial charge on any atom is -0.362 e. The largest absolute Gasteiger partial charge is 0.362 e. The Balaban J connectivity index is 2.32. The monoisotopic (exact) mass is 253 g/mol. The SMILES string of the molecule is CN(C)/C(=N\C(N)c1ccccc1)c1ccccc1. The molecule has 19 heavy (non-hydrogen) atoms. The molecule has 0 saturated carbocycles. The van der Waals surface area contributed by atoms with Crippen molar-refractivity contribution in [3.8, 4) is 0 Å². The van der Waals surface area contributed by atoms with Crippen LogP contribution in [0.5, 0.6) is 0 Å². The highest BCUT2D eigenvalue weighted by molar-refractivity contribution is 5.98. The zero-order valence-corrected chi connectivity index (χ0v) is 11.3. The van der Waals surface area contributed by atoms with Crippen LogP contribution in [0.25, 0.3) is 0 Å². The standard InChI is InChI=1S/C16H19N3/c1-19(2)16(14-11-7-4-8-12-14)18-15(17)13-9-5-3-6-10-13/h3-12,15H,17H2,1-2H3/b18-16-. The molecule has 2 aromatic rings. The van der Waals surface area contributed by atoms with Gasteiger partial charge in [-0.25, -0.2) is 4.99 Å². The number of benzene rings is 2. The number of hydrogen-bond donors (Lipinski definition) is 1. The summed E-state index contributed by atoms with van der Waals surface area (Å²) in [6.07, 6.45) is -0.348. The molecule has 0 saturated heterocycles. The molecule has 0 bridgehead atoms. The van der Waals surface area contributed by atoms with Gasteiger partial charge in [-0.15, -0.1) is 0 Å². The first-order valence-corrected chi connectivity index (χ1v) is 6.29. The highest BCUT2D eigenvalue weighted by atomic mass is 15.2. The van der Waals surface area contributed by atoms with Crippen LogP contribution in [-0.2, 0) is 0 Å². The molecule has 1 atom stereocenters. The fourth-order valence-corrected chi connectivity index (χ4v) is 1.89. The predicted octanol–water partition coefficient (Wildman–Crippen LogP) is 2.65. The molecule has 3 heteroatoms. The number of nitrogens with zero attached hydrogens (tertiary/aromatic N) is 2. The van der Waals surface area contributed by atoms with Crippen LogP contribution in [-0.4, -0.2) is 24.8 Å². The van der Waals surface area contributed by atoms with E-state index in [2.05, 4.69) is 4.99 Å². The van der Waals surface area contributed by atoms with Crippen molar-refractivity contribution in [2.24, 2.45) is 10.7 Å². The van der Waals surface area contributed by atoms with Gasteiger partial charge in [0.05, 0.1) is 0 Å². The van der Waals surface area contributed by atoms with Gasteiger partial charge in [-0.05, 0) is 5.56 Å². The summed E-state index contributed by atoms with van der Waals surface area (Å²) >= 11 is 0. The minimum absolute atomic E-state index is 0.348. The summed E-state index contributed by atoms with van der Waals surface area (Å²) in [5.74, 6) is 0.886. The Bertz CT molecular complexity index is 532. The van der Waals surface area contributed by atoms with E-state index in [0.29, 0.717) is 0 Å². The van der Waals surface area contributed by atoms with Crippen molar-refractivity contribution in [3.63, 3.8) is 0 Å². The van der Waals surface area contributed by atoms with Crippen molar-refractivity contribution < 1.29 is 0 Å². The molecular weight excluding hydrogens is 234 g/mol. The Hall–Kier alpha value is -2.13. The highest BCUT2D eigenvalue weighted by Gasteiger charge is 2.09. The predicted molar refractivity (Wildman–Crippen MR) is 80.0 cm³/mol.